The van der Waals surface area contributed by atoms with Crippen molar-refractivity contribution in [2.45, 2.75) is 19.0 Å². The van der Waals surface area contributed by atoms with Gasteiger partial charge in [0.05, 0.1) is 33.0 Å². The molecule has 2 aromatic carbocycles. The van der Waals surface area contributed by atoms with E-state index in [9.17, 15) is 19.5 Å². The molecule has 1 atom stereocenters. The van der Waals surface area contributed by atoms with E-state index in [0.717, 1.165) is 5.52 Å². The summed E-state index contributed by atoms with van der Waals surface area (Å²) < 4.78 is 1.75. The fourth-order valence-corrected chi connectivity index (χ4v) is 3.71. The number of carbonyl (C=O) groups excluding carboxylic acids is 2. The number of carbonyl (C=O) groups is 3. The number of imidazole rings is 1. The second-order valence-corrected chi connectivity index (χ2v) is 8.01. The van der Waals surface area contributed by atoms with E-state index in [1.807, 2.05) is 0 Å². The van der Waals surface area contributed by atoms with Crippen molar-refractivity contribution in [3.8, 4) is 0 Å². The van der Waals surface area contributed by atoms with Crippen LogP contribution in [-0.2, 0) is 16.1 Å². The van der Waals surface area contributed by atoms with Crippen LogP contribution in [0.5, 0.6) is 0 Å². The Labute approximate surface area is 203 Å². The number of nitrogens with two attached hydrogens (primary N) is 1. The Bertz CT molecular complexity index is 1240. The Kier molecular flexibility index (Phi) is 7.92. The van der Waals surface area contributed by atoms with Crippen molar-refractivity contribution in [1.29, 1.82) is 5.41 Å². The van der Waals surface area contributed by atoms with Gasteiger partial charge in [-0.2, -0.15) is 0 Å². The number of nitrogens with one attached hydrogen (secondary N) is 4. The molecule has 0 unspecified atom stereocenters. The Morgan fingerprint density at radius 3 is 2.53 bits per heavy atom. The molecule has 34 heavy (non-hydrogen) atoms. The first-order valence-corrected chi connectivity index (χ1v) is 10.7. The third kappa shape index (κ3) is 6.15. The van der Waals surface area contributed by atoms with Crippen LogP contribution in [0.1, 0.15) is 16.8 Å². The molecule has 1 heterocycles. The maximum absolute atomic E-state index is 12.5. The van der Waals surface area contributed by atoms with Gasteiger partial charge in [0.25, 0.3) is 5.91 Å². The van der Waals surface area contributed by atoms with E-state index < -0.39 is 23.8 Å². The van der Waals surface area contributed by atoms with Gasteiger partial charge in [0.15, 0.2) is 5.96 Å². The summed E-state index contributed by atoms with van der Waals surface area (Å²) in [6, 6.07) is 8.31. The van der Waals surface area contributed by atoms with Crippen molar-refractivity contribution in [2.75, 3.05) is 11.9 Å². The molecule has 0 spiro atoms. The first kappa shape index (κ1) is 24.8. The van der Waals surface area contributed by atoms with E-state index in [-0.39, 0.29) is 41.1 Å². The third-order valence-corrected chi connectivity index (χ3v) is 5.41. The highest BCUT2D eigenvalue weighted by Gasteiger charge is 2.24. The van der Waals surface area contributed by atoms with Crippen LogP contribution in [0.3, 0.4) is 0 Å². The lowest BCUT2D eigenvalue weighted by molar-refractivity contribution is -0.139. The molecule has 13 heteroatoms. The van der Waals surface area contributed by atoms with Crippen LogP contribution in [0.4, 0.5) is 5.69 Å². The van der Waals surface area contributed by atoms with Crippen molar-refractivity contribution in [3.05, 3.63) is 58.3 Å². The number of aryl methyl sites for hydroxylation is 1. The molecule has 0 fully saturated rings. The van der Waals surface area contributed by atoms with Gasteiger partial charge in [-0.1, -0.05) is 29.3 Å². The van der Waals surface area contributed by atoms with Gasteiger partial charge >= 0.3 is 5.97 Å². The monoisotopic (exact) mass is 505 g/mol. The van der Waals surface area contributed by atoms with Crippen LogP contribution in [0.25, 0.3) is 11.0 Å². The minimum atomic E-state index is -1.39. The summed E-state index contributed by atoms with van der Waals surface area (Å²) in [5, 5.41) is 24.4. The summed E-state index contributed by atoms with van der Waals surface area (Å²) >= 11 is 12.0. The molecule has 11 nitrogen and oxygen atoms in total. The molecule has 0 aliphatic rings. The van der Waals surface area contributed by atoms with Gasteiger partial charge in [0.2, 0.25) is 5.91 Å². The number of rotatable bonds is 9. The number of halogens is 2. The van der Waals surface area contributed by atoms with Gasteiger partial charge in [-0.3, -0.25) is 15.0 Å². The predicted molar refractivity (Wildman–Crippen MR) is 128 cm³/mol. The summed E-state index contributed by atoms with van der Waals surface area (Å²) in [5.74, 6) is -2.72. The highest BCUT2D eigenvalue weighted by atomic mass is 35.5. The molecule has 0 saturated carbocycles. The van der Waals surface area contributed by atoms with Crippen LogP contribution in [0.15, 0.2) is 42.7 Å². The molecule has 0 saturated heterocycles. The summed E-state index contributed by atoms with van der Waals surface area (Å²) in [6.07, 6.45) is 1.61. The summed E-state index contributed by atoms with van der Waals surface area (Å²) in [5.41, 5.74) is 7.33. The number of fused-ring (bicyclic) bond motifs is 1. The number of aliphatic carboxylic acids is 1. The van der Waals surface area contributed by atoms with Gasteiger partial charge in [0.1, 0.15) is 6.04 Å². The lowest BCUT2D eigenvalue weighted by Gasteiger charge is -2.16. The standard InChI is InChI=1S/C21H21Cl2N7O4/c22-12-2-1-3-13(23)18(12)19(32)29-15(20(33)34)9-26-17(31)6-7-30-10-27-14-5-4-11(8-16(14)30)28-21(24)25/h1-5,8,10,15H,6-7,9H2,(H,26,31)(H,29,32)(H,33,34)(H4,24,25,28)/t15-/m0/s1. The average molecular weight is 506 g/mol. The van der Waals surface area contributed by atoms with Gasteiger partial charge in [0, 0.05) is 25.2 Å². The maximum Gasteiger partial charge on any atom is 0.328 e. The second-order valence-electron chi connectivity index (χ2n) is 7.20. The Balaban J connectivity index is 1.58. The van der Waals surface area contributed by atoms with E-state index in [1.165, 1.54) is 12.1 Å². The zero-order valence-electron chi connectivity index (χ0n) is 17.6. The predicted octanol–water partition coefficient (Wildman–Crippen LogP) is 2.04. The van der Waals surface area contributed by atoms with E-state index in [2.05, 4.69) is 20.9 Å². The van der Waals surface area contributed by atoms with Crippen molar-refractivity contribution < 1.29 is 19.5 Å². The van der Waals surface area contributed by atoms with Gasteiger partial charge in [-0.25, -0.2) is 9.78 Å². The molecular formula is C21H21Cl2N7O4. The normalized spacial score (nSPS) is 11.6. The third-order valence-electron chi connectivity index (χ3n) is 4.78. The summed E-state index contributed by atoms with van der Waals surface area (Å²) in [4.78, 5) is 40.6. The van der Waals surface area contributed by atoms with Crippen LogP contribution >= 0.6 is 23.2 Å². The van der Waals surface area contributed by atoms with Crippen LogP contribution in [0.2, 0.25) is 10.0 Å². The number of nitrogens with zero attached hydrogens (tertiary/aromatic N) is 2. The van der Waals surface area contributed by atoms with Gasteiger partial charge in [-0.05, 0) is 30.3 Å². The van der Waals surface area contributed by atoms with Crippen LogP contribution in [0, 0.1) is 5.41 Å². The summed E-state index contributed by atoms with van der Waals surface area (Å²) in [7, 11) is 0. The number of guanidine groups is 1. The fourth-order valence-electron chi connectivity index (χ4n) is 3.14. The number of hydrogen-bond acceptors (Lipinski definition) is 5. The Morgan fingerprint density at radius 2 is 1.88 bits per heavy atom. The molecule has 7 N–H and O–H groups in total. The maximum atomic E-state index is 12.5. The first-order chi connectivity index (χ1) is 16.2. The second kappa shape index (κ2) is 10.9. The number of carboxylic acids is 1. The first-order valence-electron chi connectivity index (χ1n) is 9.96. The van der Waals surface area contributed by atoms with E-state index in [0.29, 0.717) is 11.2 Å². The molecule has 178 valence electrons. The lowest BCUT2D eigenvalue weighted by Crippen LogP contribution is -2.48. The molecule has 3 rings (SSSR count). The Morgan fingerprint density at radius 1 is 1.18 bits per heavy atom. The van der Waals surface area contributed by atoms with E-state index in [1.54, 1.807) is 35.2 Å². The van der Waals surface area contributed by atoms with Crippen molar-refractivity contribution >= 4 is 63.7 Å². The number of amides is 2. The quantitative estimate of drug-likeness (QED) is 0.190. The molecule has 2 amide bonds. The van der Waals surface area contributed by atoms with Gasteiger partial charge in [-0.15, -0.1) is 0 Å². The number of carboxylic acid groups (broad SMARTS) is 1. The average Bonchev–Trinajstić information content (AvgIpc) is 3.16. The minimum Gasteiger partial charge on any atom is -0.480 e. The SMILES string of the molecule is N=C(N)Nc1ccc2ncn(CCC(=O)NC[C@H](NC(=O)c3c(Cl)cccc3Cl)C(=O)O)c2c1. The topological polar surface area (TPSA) is 175 Å². The van der Waals surface area contributed by atoms with Crippen LogP contribution < -0.4 is 21.7 Å². The molecule has 0 radical (unpaired) electrons. The number of aromatic nitrogens is 2. The number of hydrogen-bond donors (Lipinski definition) is 6. The molecular weight excluding hydrogens is 485 g/mol. The molecule has 0 aliphatic carbocycles. The van der Waals surface area contributed by atoms with E-state index >= 15 is 0 Å². The lowest BCUT2D eigenvalue weighted by atomic mass is 10.2. The van der Waals surface area contributed by atoms with Gasteiger partial charge < -0.3 is 31.4 Å². The highest BCUT2D eigenvalue weighted by Crippen LogP contribution is 2.24. The summed E-state index contributed by atoms with van der Waals surface area (Å²) in [6.45, 7) is -0.0650. The Hall–Kier alpha value is -3.83. The fraction of sp³-hybridized carbons (Fsp3) is 0.190. The highest BCUT2D eigenvalue weighted by molar-refractivity contribution is 6.39. The van der Waals surface area contributed by atoms with Crippen molar-refractivity contribution in [1.82, 2.24) is 20.2 Å². The van der Waals surface area contributed by atoms with Crippen LogP contribution in [-0.4, -0.2) is 51.0 Å². The van der Waals surface area contributed by atoms with Crippen molar-refractivity contribution in [2.24, 2.45) is 5.73 Å². The largest absolute Gasteiger partial charge is 0.480 e. The number of benzene rings is 2. The molecule has 0 aliphatic heterocycles. The zero-order valence-corrected chi connectivity index (χ0v) is 19.2. The molecule has 0 bridgehead atoms. The number of anilines is 1. The smallest absolute Gasteiger partial charge is 0.328 e. The zero-order chi connectivity index (χ0) is 24.8. The molecule has 1 aromatic heterocycles. The van der Waals surface area contributed by atoms with Crippen molar-refractivity contribution in [3.63, 3.8) is 0 Å². The minimum absolute atomic E-state index is 0.0342. The molecule has 3 aromatic rings. The van der Waals surface area contributed by atoms with E-state index in [4.69, 9.17) is 34.3 Å².